The van der Waals surface area contributed by atoms with Crippen LogP contribution < -0.4 is 0 Å². The van der Waals surface area contributed by atoms with Gasteiger partial charge in [-0.2, -0.15) is 0 Å². The molecule has 0 spiro atoms. The van der Waals surface area contributed by atoms with E-state index < -0.39 is 11.9 Å². The molecular formula is C16H26O6. The number of hydrogen-bond donors (Lipinski definition) is 1. The van der Waals surface area contributed by atoms with E-state index in [9.17, 15) is 14.4 Å². The lowest BCUT2D eigenvalue weighted by Crippen LogP contribution is -2.12. The Morgan fingerprint density at radius 1 is 1.09 bits per heavy atom. The summed E-state index contributed by atoms with van der Waals surface area (Å²) in [5, 5.41) is 8.46. The predicted octanol–water partition coefficient (Wildman–Crippen LogP) is 2.85. The quantitative estimate of drug-likeness (QED) is 0.319. The first kappa shape index (κ1) is 20.1. The standard InChI is InChI=1S/C16H26O6/c1-3-15(19)22-13(2)9-5-4-8-12-21-16(20)11-7-6-10-14(17)18/h3,13H,1,4-12H2,2H3,(H,17,18). The van der Waals surface area contributed by atoms with Crippen LogP contribution >= 0.6 is 0 Å². The number of rotatable bonds is 13. The first-order valence-electron chi connectivity index (χ1n) is 7.66. The second-order valence-corrected chi connectivity index (χ2v) is 5.12. The highest BCUT2D eigenvalue weighted by Crippen LogP contribution is 2.08. The van der Waals surface area contributed by atoms with Crippen molar-refractivity contribution in [1.29, 1.82) is 0 Å². The zero-order chi connectivity index (χ0) is 16.8. The van der Waals surface area contributed by atoms with Gasteiger partial charge in [0.15, 0.2) is 0 Å². The Kier molecular flexibility index (Phi) is 11.8. The molecule has 0 aliphatic rings. The average Bonchev–Trinajstić information content (AvgIpc) is 2.46. The molecule has 0 bridgehead atoms. The normalized spacial score (nSPS) is 11.5. The second-order valence-electron chi connectivity index (χ2n) is 5.12. The van der Waals surface area contributed by atoms with E-state index in [2.05, 4.69) is 6.58 Å². The number of carboxylic acids is 1. The molecule has 0 heterocycles. The maximum atomic E-state index is 11.3. The molecule has 0 aromatic heterocycles. The highest BCUT2D eigenvalue weighted by Gasteiger charge is 2.06. The molecule has 1 N–H and O–H groups in total. The van der Waals surface area contributed by atoms with E-state index in [0.717, 1.165) is 31.8 Å². The molecule has 0 amide bonds. The van der Waals surface area contributed by atoms with Crippen molar-refractivity contribution in [2.75, 3.05) is 6.61 Å². The monoisotopic (exact) mass is 314 g/mol. The summed E-state index contributed by atoms with van der Waals surface area (Å²) in [5.74, 6) is -1.54. The summed E-state index contributed by atoms with van der Waals surface area (Å²) in [6.45, 7) is 5.54. The van der Waals surface area contributed by atoms with Gasteiger partial charge in [0, 0.05) is 18.9 Å². The van der Waals surface area contributed by atoms with Crippen molar-refractivity contribution >= 4 is 17.9 Å². The maximum absolute atomic E-state index is 11.3. The third-order valence-corrected chi connectivity index (χ3v) is 3.02. The fourth-order valence-electron chi connectivity index (χ4n) is 1.82. The largest absolute Gasteiger partial charge is 0.481 e. The van der Waals surface area contributed by atoms with Crippen LogP contribution in [0.15, 0.2) is 12.7 Å². The van der Waals surface area contributed by atoms with E-state index in [-0.39, 0.29) is 24.9 Å². The molecular weight excluding hydrogens is 288 g/mol. The minimum absolute atomic E-state index is 0.0852. The molecule has 0 aliphatic carbocycles. The van der Waals surface area contributed by atoms with Crippen LogP contribution in [0.4, 0.5) is 0 Å². The van der Waals surface area contributed by atoms with Gasteiger partial charge in [0.05, 0.1) is 12.7 Å². The van der Waals surface area contributed by atoms with Gasteiger partial charge < -0.3 is 14.6 Å². The third kappa shape index (κ3) is 13.1. The Balaban J connectivity index is 3.41. The molecule has 22 heavy (non-hydrogen) atoms. The third-order valence-electron chi connectivity index (χ3n) is 3.02. The SMILES string of the molecule is C=CC(=O)OC(C)CCCCCOC(=O)CCCCC(=O)O. The minimum atomic E-state index is -0.846. The van der Waals surface area contributed by atoms with Crippen molar-refractivity contribution in [3.05, 3.63) is 12.7 Å². The molecule has 0 aliphatic heterocycles. The highest BCUT2D eigenvalue weighted by molar-refractivity contribution is 5.81. The molecule has 0 saturated heterocycles. The summed E-state index contributed by atoms with van der Waals surface area (Å²) in [7, 11) is 0. The molecule has 6 heteroatoms. The topological polar surface area (TPSA) is 89.9 Å². The van der Waals surface area contributed by atoms with Crippen LogP contribution in [0.2, 0.25) is 0 Å². The molecule has 0 aromatic rings. The van der Waals surface area contributed by atoms with Crippen molar-refractivity contribution in [1.82, 2.24) is 0 Å². The van der Waals surface area contributed by atoms with Crippen LogP contribution in [0.25, 0.3) is 0 Å². The number of hydrogen-bond acceptors (Lipinski definition) is 5. The van der Waals surface area contributed by atoms with Gasteiger partial charge in [0.25, 0.3) is 0 Å². The molecule has 1 unspecified atom stereocenters. The smallest absolute Gasteiger partial charge is 0.330 e. The second kappa shape index (κ2) is 12.9. The van der Waals surface area contributed by atoms with E-state index in [1.165, 1.54) is 0 Å². The summed E-state index contributed by atoms with van der Waals surface area (Å²) < 4.78 is 10.1. The summed E-state index contributed by atoms with van der Waals surface area (Å²) in [6.07, 6.45) is 5.71. The number of carboxylic acid groups (broad SMARTS) is 1. The summed E-state index contributed by atoms with van der Waals surface area (Å²) >= 11 is 0. The Bertz CT molecular complexity index is 364. The number of ether oxygens (including phenoxy) is 2. The molecule has 1 atom stereocenters. The van der Waals surface area contributed by atoms with Gasteiger partial charge in [0.2, 0.25) is 0 Å². The van der Waals surface area contributed by atoms with Crippen LogP contribution in [-0.4, -0.2) is 35.7 Å². The zero-order valence-corrected chi connectivity index (χ0v) is 13.2. The molecule has 126 valence electrons. The molecule has 0 aromatic carbocycles. The van der Waals surface area contributed by atoms with Gasteiger partial charge in [-0.1, -0.05) is 6.58 Å². The molecule has 0 saturated carbocycles. The first-order chi connectivity index (χ1) is 10.5. The van der Waals surface area contributed by atoms with Gasteiger partial charge in [-0.25, -0.2) is 4.79 Å². The molecule has 0 rings (SSSR count). The number of carbonyl (C=O) groups excluding carboxylic acids is 2. The van der Waals surface area contributed by atoms with E-state index in [0.29, 0.717) is 19.4 Å². The van der Waals surface area contributed by atoms with E-state index in [4.69, 9.17) is 14.6 Å². The van der Waals surface area contributed by atoms with E-state index in [1.807, 2.05) is 6.92 Å². The van der Waals surface area contributed by atoms with Crippen LogP contribution in [-0.2, 0) is 23.9 Å². The van der Waals surface area contributed by atoms with Crippen LogP contribution in [0.5, 0.6) is 0 Å². The van der Waals surface area contributed by atoms with Crippen molar-refractivity contribution in [2.24, 2.45) is 0 Å². The Morgan fingerprint density at radius 3 is 2.41 bits per heavy atom. The minimum Gasteiger partial charge on any atom is -0.481 e. The zero-order valence-electron chi connectivity index (χ0n) is 13.2. The number of esters is 2. The van der Waals surface area contributed by atoms with Gasteiger partial charge in [0.1, 0.15) is 0 Å². The highest BCUT2D eigenvalue weighted by atomic mass is 16.5. The Labute approximate surface area is 131 Å². The van der Waals surface area contributed by atoms with Crippen LogP contribution in [0, 0.1) is 0 Å². The van der Waals surface area contributed by atoms with Crippen molar-refractivity contribution in [3.8, 4) is 0 Å². The summed E-state index contributed by atoms with van der Waals surface area (Å²) in [5.41, 5.74) is 0. The average molecular weight is 314 g/mol. The van der Waals surface area contributed by atoms with Crippen LogP contribution in [0.3, 0.4) is 0 Å². The van der Waals surface area contributed by atoms with E-state index in [1.54, 1.807) is 0 Å². The lowest BCUT2D eigenvalue weighted by Gasteiger charge is -2.11. The Morgan fingerprint density at radius 2 is 1.77 bits per heavy atom. The van der Waals surface area contributed by atoms with Crippen molar-refractivity contribution in [3.63, 3.8) is 0 Å². The van der Waals surface area contributed by atoms with Crippen molar-refractivity contribution < 1.29 is 29.0 Å². The number of carbonyl (C=O) groups is 3. The molecule has 0 fully saturated rings. The molecule has 0 radical (unpaired) electrons. The Hall–Kier alpha value is -1.85. The fraction of sp³-hybridized carbons (Fsp3) is 0.688. The number of unbranched alkanes of at least 4 members (excludes halogenated alkanes) is 3. The van der Waals surface area contributed by atoms with Gasteiger partial charge >= 0.3 is 17.9 Å². The van der Waals surface area contributed by atoms with Gasteiger partial charge in [-0.3, -0.25) is 9.59 Å². The predicted molar refractivity (Wildman–Crippen MR) is 81.3 cm³/mol. The first-order valence-corrected chi connectivity index (χ1v) is 7.66. The van der Waals surface area contributed by atoms with Gasteiger partial charge in [-0.15, -0.1) is 0 Å². The lowest BCUT2D eigenvalue weighted by molar-refractivity contribution is -0.145. The van der Waals surface area contributed by atoms with E-state index >= 15 is 0 Å². The van der Waals surface area contributed by atoms with Crippen LogP contribution in [0.1, 0.15) is 58.3 Å². The fourth-order valence-corrected chi connectivity index (χ4v) is 1.82. The summed E-state index contributed by atoms with van der Waals surface area (Å²) in [4.78, 5) is 32.6. The van der Waals surface area contributed by atoms with Crippen molar-refractivity contribution in [2.45, 2.75) is 64.4 Å². The van der Waals surface area contributed by atoms with Gasteiger partial charge in [-0.05, 0) is 45.4 Å². The maximum Gasteiger partial charge on any atom is 0.330 e. The summed E-state index contributed by atoms with van der Waals surface area (Å²) in [6, 6.07) is 0. The molecule has 6 nitrogen and oxygen atoms in total. The number of aliphatic carboxylic acids is 1. The lowest BCUT2D eigenvalue weighted by atomic mass is 10.1.